The molecule has 1 aliphatic heterocycles. The molecular formula is C9H18ClNO3S. The second kappa shape index (κ2) is 6.68. The van der Waals surface area contributed by atoms with Crippen LogP contribution >= 0.6 is 11.6 Å². The van der Waals surface area contributed by atoms with Crippen molar-refractivity contribution in [3.63, 3.8) is 0 Å². The molecule has 1 aliphatic rings. The van der Waals surface area contributed by atoms with Gasteiger partial charge in [-0.05, 0) is 25.2 Å². The molecule has 15 heavy (non-hydrogen) atoms. The largest absolute Gasteiger partial charge is 0.381 e. The molecule has 0 aromatic rings. The lowest BCUT2D eigenvalue weighted by molar-refractivity contribution is 0.184. The third-order valence-electron chi connectivity index (χ3n) is 2.45. The third kappa shape index (κ3) is 5.70. The van der Waals surface area contributed by atoms with Crippen LogP contribution in [0.3, 0.4) is 0 Å². The summed E-state index contributed by atoms with van der Waals surface area (Å²) in [6.45, 7) is 2.09. The predicted molar refractivity (Wildman–Crippen MR) is 60.7 cm³/mol. The van der Waals surface area contributed by atoms with E-state index >= 15 is 0 Å². The number of alkyl halides is 1. The first kappa shape index (κ1) is 13.2. The molecule has 1 unspecified atom stereocenters. The van der Waals surface area contributed by atoms with Crippen LogP contribution in [0.2, 0.25) is 0 Å². The van der Waals surface area contributed by atoms with Gasteiger partial charge in [-0.1, -0.05) is 0 Å². The van der Waals surface area contributed by atoms with Gasteiger partial charge >= 0.3 is 0 Å². The zero-order valence-corrected chi connectivity index (χ0v) is 10.3. The molecule has 0 aromatic carbocycles. The lowest BCUT2D eigenvalue weighted by atomic mass is 10.1. The van der Waals surface area contributed by atoms with E-state index in [0.29, 0.717) is 24.8 Å². The van der Waals surface area contributed by atoms with Gasteiger partial charge in [0.1, 0.15) is 0 Å². The molecule has 1 atom stereocenters. The van der Waals surface area contributed by atoms with E-state index in [1.165, 1.54) is 0 Å². The van der Waals surface area contributed by atoms with Gasteiger partial charge in [0.2, 0.25) is 10.0 Å². The summed E-state index contributed by atoms with van der Waals surface area (Å²) in [5, 5.41) is 0. The Labute approximate surface area is 96.4 Å². The van der Waals surface area contributed by atoms with Crippen LogP contribution in [0.5, 0.6) is 0 Å². The number of hydrogen-bond acceptors (Lipinski definition) is 3. The lowest BCUT2D eigenvalue weighted by Crippen LogP contribution is -2.28. The van der Waals surface area contributed by atoms with E-state index in [1.54, 1.807) is 0 Å². The summed E-state index contributed by atoms with van der Waals surface area (Å²) in [5.74, 6) is 1.02. The number of sulfonamides is 1. The van der Waals surface area contributed by atoms with Crippen molar-refractivity contribution in [3.05, 3.63) is 0 Å². The van der Waals surface area contributed by atoms with Gasteiger partial charge in [-0.2, -0.15) is 0 Å². The summed E-state index contributed by atoms with van der Waals surface area (Å²) in [7, 11) is -3.11. The van der Waals surface area contributed by atoms with E-state index in [2.05, 4.69) is 4.72 Å². The predicted octanol–water partition coefficient (Wildman–Crippen LogP) is 0.961. The highest BCUT2D eigenvalue weighted by Crippen LogP contribution is 2.15. The maximum atomic E-state index is 11.4. The van der Waals surface area contributed by atoms with Crippen molar-refractivity contribution in [1.29, 1.82) is 0 Å². The number of halogens is 1. The van der Waals surface area contributed by atoms with E-state index in [4.69, 9.17) is 16.3 Å². The average Bonchev–Trinajstić information content (AvgIpc) is 2.67. The van der Waals surface area contributed by atoms with E-state index in [0.717, 1.165) is 26.1 Å². The lowest BCUT2D eigenvalue weighted by Gasteiger charge is -2.08. The number of hydrogen-bond donors (Lipinski definition) is 1. The topological polar surface area (TPSA) is 55.4 Å². The maximum absolute atomic E-state index is 11.4. The number of rotatable bonds is 7. The fraction of sp³-hybridized carbons (Fsp3) is 1.00. The molecule has 0 radical (unpaired) electrons. The van der Waals surface area contributed by atoms with Crippen molar-refractivity contribution in [2.45, 2.75) is 19.3 Å². The Morgan fingerprint density at radius 2 is 2.27 bits per heavy atom. The number of nitrogens with one attached hydrogen (secondary N) is 1. The third-order valence-corrected chi connectivity index (χ3v) is 4.18. The molecule has 6 heteroatoms. The van der Waals surface area contributed by atoms with Crippen LogP contribution in [0.4, 0.5) is 0 Å². The molecule has 90 valence electrons. The van der Waals surface area contributed by atoms with Gasteiger partial charge in [-0.3, -0.25) is 0 Å². The van der Waals surface area contributed by atoms with Crippen LogP contribution in [0, 0.1) is 5.92 Å². The molecular weight excluding hydrogens is 238 g/mol. The highest BCUT2D eigenvalue weighted by atomic mass is 35.5. The standard InChI is InChI=1S/C9H18ClNO3S/c10-4-1-7-15(12,13)11-5-2-9-3-6-14-8-9/h9,11H,1-8H2. The quantitative estimate of drug-likeness (QED) is 0.690. The molecule has 0 spiro atoms. The first-order chi connectivity index (χ1) is 7.14. The summed E-state index contributed by atoms with van der Waals surface area (Å²) in [6.07, 6.45) is 2.41. The second-order valence-corrected chi connectivity index (χ2v) is 6.08. The van der Waals surface area contributed by atoms with Crippen LogP contribution in [0.15, 0.2) is 0 Å². The monoisotopic (exact) mass is 255 g/mol. The fourth-order valence-electron chi connectivity index (χ4n) is 1.55. The van der Waals surface area contributed by atoms with Crippen LogP contribution in [-0.2, 0) is 14.8 Å². The van der Waals surface area contributed by atoms with Gasteiger partial charge in [0.15, 0.2) is 0 Å². The van der Waals surface area contributed by atoms with Crippen molar-refractivity contribution >= 4 is 21.6 Å². The van der Waals surface area contributed by atoms with Crippen molar-refractivity contribution in [2.24, 2.45) is 5.92 Å². The van der Waals surface area contributed by atoms with E-state index < -0.39 is 10.0 Å². The smallest absolute Gasteiger partial charge is 0.211 e. The van der Waals surface area contributed by atoms with Crippen LogP contribution < -0.4 is 4.72 Å². The Hall–Kier alpha value is 0.160. The molecule has 1 rings (SSSR count). The molecule has 1 heterocycles. The van der Waals surface area contributed by atoms with Gasteiger partial charge in [-0.25, -0.2) is 13.1 Å². The maximum Gasteiger partial charge on any atom is 0.211 e. The zero-order chi connectivity index (χ0) is 11.1. The molecule has 0 amide bonds. The van der Waals surface area contributed by atoms with Gasteiger partial charge in [0, 0.05) is 25.6 Å². The first-order valence-corrected chi connectivity index (χ1v) is 7.44. The van der Waals surface area contributed by atoms with Gasteiger partial charge < -0.3 is 4.74 Å². The molecule has 0 saturated carbocycles. The van der Waals surface area contributed by atoms with Crippen molar-refractivity contribution < 1.29 is 13.2 Å². The molecule has 0 aliphatic carbocycles. The summed E-state index contributed by atoms with van der Waals surface area (Å²) in [6, 6.07) is 0. The normalized spacial score (nSPS) is 22.1. The molecule has 1 N–H and O–H groups in total. The molecule has 0 aromatic heterocycles. The Balaban J connectivity index is 2.12. The van der Waals surface area contributed by atoms with Gasteiger partial charge in [0.25, 0.3) is 0 Å². The molecule has 1 fully saturated rings. The SMILES string of the molecule is O=S(=O)(CCCCl)NCCC1CCOC1. The fourth-order valence-corrected chi connectivity index (χ4v) is 2.94. The Morgan fingerprint density at radius 3 is 2.87 bits per heavy atom. The first-order valence-electron chi connectivity index (χ1n) is 5.25. The Kier molecular flexibility index (Phi) is 5.89. The second-order valence-electron chi connectivity index (χ2n) is 3.77. The summed E-state index contributed by atoms with van der Waals surface area (Å²) >= 11 is 5.44. The minimum absolute atomic E-state index is 0.123. The van der Waals surface area contributed by atoms with Crippen LogP contribution in [0.1, 0.15) is 19.3 Å². The average molecular weight is 256 g/mol. The van der Waals surface area contributed by atoms with Crippen LogP contribution in [0.25, 0.3) is 0 Å². The van der Waals surface area contributed by atoms with Crippen molar-refractivity contribution in [1.82, 2.24) is 4.72 Å². The highest BCUT2D eigenvalue weighted by Gasteiger charge is 2.16. The summed E-state index contributed by atoms with van der Waals surface area (Å²) < 4.78 is 30.5. The zero-order valence-electron chi connectivity index (χ0n) is 8.75. The Morgan fingerprint density at radius 1 is 1.47 bits per heavy atom. The summed E-state index contributed by atoms with van der Waals surface area (Å²) in [5.41, 5.74) is 0. The van der Waals surface area contributed by atoms with Crippen LogP contribution in [-0.4, -0.2) is 39.8 Å². The molecule has 0 bridgehead atoms. The summed E-state index contributed by atoms with van der Waals surface area (Å²) in [4.78, 5) is 0. The minimum atomic E-state index is -3.11. The highest BCUT2D eigenvalue weighted by molar-refractivity contribution is 7.89. The van der Waals surface area contributed by atoms with E-state index in [-0.39, 0.29) is 5.75 Å². The molecule has 4 nitrogen and oxygen atoms in total. The van der Waals surface area contributed by atoms with Crippen molar-refractivity contribution in [2.75, 3.05) is 31.4 Å². The Bertz CT molecular complexity index is 263. The van der Waals surface area contributed by atoms with Gasteiger partial charge in [0.05, 0.1) is 5.75 Å². The van der Waals surface area contributed by atoms with E-state index in [9.17, 15) is 8.42 Å². The van der Waals surface area contributed by atoms with Gasteiger partial charge in [-0.15, -0.1) is 11.6 Å². The minimum Gasteiger partial charge on any atom is -0.381 e. The van der Waals surface area contributed by atoms with Crippen molar-refractivity contribution in [3.8, 4) is 0 Å². The number of ether oxygens (including phenoxy) is 1. The molecule has 1 saturated heterocycles. The van der Waals surface area contributed by atoms with E-state index in [1.807, 2.05) is 0 Å².